The first-order valence-electron chi connectivity index (χ1n) is 5.37. The normalized spacial score (nSPS) is 21.7. The van der Waals surface area contributed by atoms with E-state index in [1.54, 1.807) is 0 Å². The van der Waals surface area contributed by atoms with Gasteiger partial charge in [-0.3, -0.25) is 0 Å². The lowest BCUT2D eigenvalue weighted by molar-refractivity contribution is 0.0497. The van der Waals surface area contributed by atoms with Crippen molar-refractivity contribution in [3.63, 3.8) is 0 Å². The summed E-state index contributed by atoms with van der Waals surface area (Å²) >= 11 is 0. The third-order valence-corrected chi connectivity index (χ3v) is 2.59. The highest BCUT2D eigenvalue weighted by Gasteiger charge is 2.09. The fourth-order valence-electron chi connectivity index (χ4n) is 1.63. The Labute approximate surface area is 81.2 Å². The molecule has 1 unspecified atom stereocenters. The van der Waals surface area contributed by atoms with Crippen LogP contribution in [0.25, 0.3) is 0 Å². The molecule has 1 rings (SSSR count). The molecule has 1 aliphatic heterocycles. The number of hydrogen-bond donors (Lipinski definition) is 1. The van der Waals surface area contributed by atoms with E-state index in [9.17, 15) is 0 Å². The summed E-state index contributed by atoms with van der Waals surface area (Å²) in [6, 6.07) is 0. The van der Waals surface area contributed by atoms with E-state index in [-0.39, 0.29) is 6.10 Å². The Morgan fingerprint density at radius 2 is 2.00 bits per heavy atom. The highest BCUT2D eigenvalue weighted by atomic mass is 16.5. The second-order valence-corrected chi connectivity index (χ2v) is 3.82. The van der Waals surface area contributed by atoms with Gasteiger partial charge in [0, 0.05) is 13.1 Å². The van der Waals surface area contributed by atoms with Crippen LogP contribution in [-0.4, -0.2) is 43.8 Å². The molecule has 0 aromatic heterocycles. The molecule has 1 aliphatic rings. The van der Waals surface area contributed by atoms with Crippen molar-refractivity contribution in [2.24, 2.45) is 5.73 Å². The lowest BCUT2D eigenvalue weighted by atomic mass is 10.1. The first-order chi connectivity index (χ1) is 6.33. The van der Waals surface area contributed by atoms with Crippen LogP contribution in [0.4, 0.5) is 0 Å². The maximum Gasteiger partial charge on any atom is 0.0669 e. The van der Waals surface area contributed by atoms with Gasteiger partial charge >= 0.3 is 0 Å². The van der Waals surface area contributed by atoms with Gasteiger partial charge in [0.2, 0.25) is 0 Å². The molecule has 0 aromatic rings. The van der Waals surface area contributed by atoms with Gasteiger partial charge in [0.15, 0.2) is 0 Å². The van der Waals surface area contributed by atoms with Crippen LogP contribution in [-0.2, 0) is 4.74 Å². The van der Waals surface area contributed by atoms with Crippen molar-refractivity contribution in [1.82, 2.24) is 4.90 Å². The predicted molar refractivity (Wildman–Crippen MR) is 54.8 cm³/mol. The summed E-state index contributed by atoms with van der Waals surface area (Å²) in [5.74, 6) is 0. The van der Waals surface area contributed by atoms with Gasteiger partial charge in [0.25, 0.3) is 0 Å². The van der Waals surface area contributed by atoms with Gasteiger partial charge in [0.05, 0.1) is 12.7 Å². The molecule has 1 saturated heterocycles. The smallest absolute Gasteiger partial charge is 0.0669 e. The van der Waals surface area contributed by atoms with E-state index >= 15 is 0 Å². The minimum atomic E-state index is 0.213. The topological polar surface area (TPSA) is 38.5 Å². The SMILES string of the molecule is CC(CN)OCCN1CCCCC1. The minimum Gasteiger partial charge on any atom is -0.376 e. The zero-order chi connectivity index (χ0) is 9.52. The molecule has 3 nitrogen and oxygen atoms in total. The molecule has 1 heterocycles. The van der Waals surface area contributed by atoms with Crippen molar-refractivity contribution >= 4 is 0 Å². The molecule has 1 atom stereocenters. The molecule has 0 bridgehead atoms. The van der Waals surface area contributed by atoms with Gasteiger partial charge in [0.1, 0.15) is 0 Å². The predicted octanol–water partition coefficient (Wildman–Crippen LogP) is 0.836. The first-order valence-corrected chi connectivity index (χ1v) is 5.37. The second-order valence-electron chi connectivity index (χ2n) is 3.82. The maximum absolute atomic E-state index is 5.53. The molecular formula is C10H22N2O. The van der Waals surface area contributed by atoms with Gasteiger partial charge in [-0.1, -0.05) is 6.42 Å². The molecule has 0 radical (unpaired) electrons. The molecule has 0 aromatic carbocycles. The van der Waals surface area contributed by atoms with Gasteiger partial charge < -0.3 is 15.4 Å². The van der Waals surface area contributed by atoms with Crippen LogP contribution in [0.5, 0.6) is 0 Å². The molecule has 0 aliphatic carbocycles. The van der Waals surface area contributed by atoms with Crippen LogP contribution < -0.4 is 5.73 Å². The van der Waals surface area contributed by atoms with Crippen molar-refractivity contribution in [3.05, 3.63) is 0 Å². The number of nitrogens with zero attached hydrogens (tertiary/aromatic N) is 1. The van der Waals surface area contributed by atoms with Gasteiger partial charge in [-0.15, -0.1) is 0 Å². The molecule has 78 valence electrons. The fourth-order valence-corrected chi connectivity index (χ4v) is 1.63. The second kappa shape index (κ2) is 6.35. The quantitative estimate of drug-likeness (QED) is 0.691. The number of nitrogens with two attached hydrogens (primary N) is 1. The number of ether oxygens (including phenoxy) is 1. The van der Waals surface area contributed by atoms with E-state index in [2.05, 4.69) is 4.90 Å². The van der Waals surface area contributed by atoms with Crippen LogP contribution in [0.15, 0.2) is 0 Å². The molecule has 1 fully saturated rings. The van der Waals surface area contributed by atoms with Crippen LogP contribution >= 0.6 is 0 Å². The van der Waals surface area contributed by atoms with E-state index in [4.69, 9.17) is 10.5 Å². The van der Waals surface area contributed by atoms with Crippen molar-refractivity contribution in [2.45, 2.75) is 32.3 Å². The van der Waals surface area contributed by atoms with Crippen molar-refractivity contribution in [3.8, 4) is 0 Å². The monoisotopic (exact) mass is 186 g/mol. The summed E-state index contributed by atoms with van der Waals surface area (Å²) in [5, 5.41) is 0. The lowest BCUT2D eigenvalue weighted by Crippen LogP contribution is -2.34. The summed E-state index contributed by atoms with van der Waals surface area (Å²) in [6.45, 7) is 7.06. The van der Waals surface area contributed by atoms with E-state index in [1.165, 1.54) is 32.4 Å². The minimum absolute atomic E-state index is 0.213. The number of hydrogen-bond acceptors (Lipinski definition) is 3. The average Bonchev–Trinajstić information content (AvgIpc) is 2.19. The summed E-state index contributed by atoms with van der Waals surface area (Å²) in [4.78, 5) is 2.48. The van der Waals surface area contributed by atoms with Gasteiger partial charge in [-0.05, 0) is 32.9 Å². The highest BCUT2D eigenvalue weighted by Crippen LogP contribution is 2.07. The van der Waals surface area contributed by atoms with Crippen molar-refractivity contribution in [1.29, 1.82) is 0 Å². The highest BCUT2D eigenvalue weighted by molar-refractivity contribution is 4.64. The van der Waals surface area contributed by atoms with E-state index in [0.29, 0.717) is 6.54 Å². The number of likely N-dealkylation sites (tertiary alicyclic amines) is 1. The lowest BCUT2D eigenvalue weighted by Gasteiger charge is -2.26. The van der Waals surface area contributed by atoms with Gasteiger partial charge in [-0.2, -0.15) is 0 Å². The Kier molecular flexibility index (Phi) is 5.35. The van der Waals surface area contributed by atoms with E-state index in [1.807, 2.05) is 6.92 Å². The molecule has 0 spiro atoms. The standard InChI is InChI=1S/C10H22N2O/c1-10(9-11)13-8-7-12-5-3-2-4-6-12/h10H,2-9,11H2,1H3. The number of piperidine rings is 1. The molecule has 13 heavy (non-hydrogen) atoms. The molecule has 0 amide bonds. The summed E-state index contributed by atoms with van der Waals surface area (Å²) in [7, 11) is 0. The molecule has 3 heteroatoms. The van der Waals surface area contributed by atoms with Crippen LogP contribution in [0, 0.1) is 0 Å². The third kappa shape index (κ3) is 4.60. The zero-order valence-corrected chi connectivity index (χ0v) is 8.67. The van der Waals surface area contributed by atoms with Crippen LogP contribution in [0.3, 0.4) is 0 Å². The van der Waals surface area contributed by atoms with Crippen LogP contribution in [0.1, 0.15) is 26.2 Å². The Bertz CT molecular complexity index is 124. The van der Waals surface area contributed by atoms with Crippen molar-refractivity contribution < 1.29 is 4.74 Å². The molecule has 0 saturated carbocycles. The maximum atomic E-state index is 5.53. The number of rotatable bonds is 5. The van der Waals surface area contributed by atoms with E-state index in [0.717, 1.165) is 13.2 Å². The average molecular weight is 186 g/mol. The fraction of sp³-hybridized carbons (Fsp3) is 1.00. The van der Waals surface area contributed by atoms with Crippen molar-refractivity contribution in [2.75, 3.05) is 32.8 Å². The first kappa shape index (κ1) is 11.0. The zero-order valence-electron chi connectivity index (χ0n) is 8.67. The summed E-state index contributed by atoms with van der Waals surface area (Å²) in [6.07, 6.45) is 4.32. The Morgan fingerprint density at radius 1 is 1.31 bits per heavy atom. The Hall–Kier alpha value is -0.120. The Balaban J connectivity index is 1.98. The Morgan fingerprint density at radius 3 is 2.62 bits per heavy atom. The molecule has 2 N–H and O–H groups in total. The van der Waals surface area contributed by atoms with Crippen LogP contribution in [0.2, 0.25) is 0 Å². The van der Waals surface area contributed by atoms with E-state index < -0.39 is 0 Å². The summed E-state index contributed by atoms with van der Waals surface area (Å²) in [5.41, 5.74) is 5.45. The molecular weight excluding hydrogens is 164 g/mol. The largest absolute Gasteiger partial charge is 0.376 e. The van der Waals surface area contributed by atoms with Gasteiger partial charge in [-0.25, -0.2) is 0 Å². The summed E-state index contributed by atoms with van der Waals surface area (Å²) < 4.78 is 5.53. The third-order valence-electron chi connectivity index (χ3n) is 2.59.